The summed E-state index contributed by atoms with van der Waals surface area (Å²) in [4.78, 5) is 13.2. The zero-order valence-corrected chi connectivity index (χ0v) is 10.1. The summed E-state index contributed by atoms with van der Waals surface area (Å²) >= 11 is 0. The maximum absolute atomic E-state index is 11.8. The summed E-state index contributed by atoms with van der Waals surface area (Å²) in [6.07, 6.45) is 3.25. The molecule has 0 radical (unpaired) electrons. The first kappa shape index (κ1) is 11.3. The van der Waals surface area contributed by atoms with E-state index < -0.39 is 0 Å². The van der Waals surface area contributed by atoms with Gasteiger partial charge in [-0.3, -0.25) is 0 Å². The lowest BCUT2D eigenvalue weighted by Gasteiger charge is -2.09. The topological polar surface area (TPSA) is 59.0 Å². The molecule has 5 heteroatoms. The van der Waals surface area contributed by atoms with Gasteiger partial charge in [0.15, 0.2) is 0 Å². The molecule has 0 fully saturated rings. The van der Waals surface area contributed by atoms with Crippen LogP contribution in [0.3, 0.4) is 0 Å². The highest BCUT2D eigenvalue weighted by Gasteiger charge is 2.05. The zero-order chi connectivity index (χ0) is 13.1. The SMILES string of the molecule is O=C(Nc1cccc2ccccc12)Nn1cccn1. The maximum Gasteiger partial charge on any atom is 0.339 e. The molecule has 0 saturated carbocycles. The molecule has 3 rings (SSSR count). The van der Waals surface area contributed by atoms with Gasteiger partial charge in [-0.1, -0.05) is 36.4 Å². The number of aromatic nitrogens is 2. The third-order valence-corrected chi connectivity index (χ3v) is 2.76. The smallest absolute Gasteiger partial charge is 0.306 e. The number of benzene rings is 2. The second-order valence-corrected chi connectivity index (χ2v) is 4.04. The molecule has 0 bridgehead atoms. The van der Waals surface area contributed by atoms with Gasteiger partial charge in [0, 0.05) is 11.6 Å². The first-order valence-electron chi connectivity index (χ1n) is 5.88. The van der Waals surface area contributed by atoms with Crippen LogP contribution in [-0.2, 0) is 0 Å². The van der Waals surface area contributed by atoms with E-state index >= 15 is 0 Å². The van der Waals surface area contributed by atoms with Crippen LogP contribution >= 0.6 is 0 Å². The van der Waals surface area contributed by atoms with Gasteiger partial charge in [0.25, 0.3) is 0 Å². The summed E-state index contributed by atoms with van der Waals surface area (Å²) in [5, 5.41) is 8.80. The summed E-state index contributed by atoms with van der Waals surface area (Å²) in [7, 11) is 0. The molecule has 0 aliphatic heterocycles. The Morgan fingerprint density at radius 3 is 2.74 bits per heavy atom. The second kappa shape index (κ2) is 4.81. The Labute approximate surface area is 109 Å². The lowest BCUT2D eigenvalue weighted by Crippen LogP contribution is -2.28. The van der Waals surface area contributed by atoms with E-state index in [9.17, 15) is 4.79 Å². The summed E-state index contributed by atoms with van der Waals surface area (Å²) in [6.45, 7) is 0. The Morgan fingerprint density at radius 2 is 1.89 bits per heavy atom. The summed E-state index contributed by atoms with van der Waals surface area (Å²) in [5.74, 6) is 0. The molecule has 1 heterocycles. The molecule has 2 amide bonds. The van der Waals surface area contributed by atoms with Gasteiger partial charge in [-0.2, -0.15) is 9.89 Å². The highest BCUT2D eigenvalue weighted by Crippen LogP contribution is 2.22. The zero-order valence-electron chi connectivity index (χ0n) is 10.1. The molecule has 2 aromatic carbocycles. The lowest BCUT2D eigenvalue weighted by atomic mass is 10.1. The predicted octanol–water partition coefficient (Wildman–Crippen LogP) is 2.81. The molecule has 0 saturated heterocycles. The lowest BCUT2D eigenvalue weighted by molar-refractivity contribution is 0.259. The molecule has 0 unspecified atom stereocenters. The van der Waals surface area contributed by atoms with Crippen LogP contribution in [0.5, 0.6) is 0 Å². The quantitative estimate of drug-likeness (QED) is 0.736. The number of anilines is 1. The van der Waals surface area contributed by atoms with Crippen molar-refractivity contribution in [3.05, 3.63) is 60.9 Å². The molecule has 1 aromatic heterocycles. The number of hydrogen-bond acceptors (Lipinski definition) is 2. The van der Waals surface area contributed by atoms with Crippen LogP contribution in [0.15, 0.2) is 60.9 Å². The van der Waals surface area contributed by atoms with Crippen LogP contribution < -0.4 is 10.7 Å². The van der Waals surface area contributed by atoms with E-state index in [1.165, 1.54) is 4.79 Å². The Hall–Kier alpha value is -2.82. The van der Waals surface area contributed by atoms with Crippen LogP contribution in [0.25, 0.3) is 10.8 Å². The molecular formula is C14H12N4O. The Kier molecular flexibility index (Phi) is 2.86. The summed E-state index contributed by atoms with van der Waals surface area (Å²) in [6, 6.07) is 15.1. The van der Waals surface area contributed by atoms with E-state index in [-0.39, 0.29) is 6.03 Å². The van der Waals surface area contributed by atoms with E-state index in [1.54, 1.807) is 18.5 Å². The highest BCUT2D eigenvalue weighted by atomic mass is 16.2. The van der Waals surface area contributed by atoms with Crippen molar-refractivity contribution >= 4 is 22.5 Å². The number of rotatable bonds is 2. The molecule has 0 aliphatic carbocycles. The molecule has 94 valence electrons. The predicted molar refractivity (Wildman–Crippen MR) is 74.6 cm³/mol. The third kappa shape index (κ3) is 2.40. The minimum absolute atomic E-state index is 0.333. The van der Waals surface area contributed by atoms with Gasteiger partial charge in [0.2, 0.25) is 0 Å². The highest BCUT2D eigenvalue weighted by molar-refractivity contribution is 6.03. The molecule has 19 heavy (non-hydrogen) atoms. The largest absolute Gasteiger partial charge is 0.339 e. The first-order valence-corrected chi connectivity index (χ1v) is 5.88. The van der Waals surface area contributed by atoms with Gasteiger partial charge in [0.05, 0.1) is 11.9 Å². The van der Waals surface area contributed by atoms with E-state index in [0.29, 0.717) is 0 Å². The Balaban J connectivity index is 1.83. The molecule has 0 atom stereocenters. The fourth-order valence-electron chi connectivity index (χ4n) is 1.92. The number of carbonyl (C=O) groups excluding carboxylic acids is 1. The molecule has 2 N–H and O–H groups in total. The van der Waals surface area contributed by atoms with E-state index in [1.807, 2.05) is 42.5 Å². The van der Waals surface area contributed by atoms with Crippen molar-refractivity contribution < 1.29 is 4.79 Å². The van der Waals surface area contributed by atoms with Crippen molar-refractivity contribution in [3.63, 3.8) is 0 Å². The third-order valence-electron chi connectivity index (χ3n) is 2.76. The van der Waals surface area contributed by atoms with Gasteiger partial charge in [-0.25, -0.2) is 10.2 Å². The number of nitrogens with zero attached hydrogens (tertiary/aromatic N) is 2. The van der Waals surface area contributed by atoms with Crippen LogP contribution in [0.4, 0.5) is 10.5 Å². The Bertz CT molecular complexity index is 701. The normalized spacial score (nSPS) is 10.3. The minimum Gasteiger partial charge on any atom is -0.306 e. The van der Waals surface area contributed by atoms with Crippen LogP contribution in [-0.4, -0.2) is 15.9 Å². The average Bonchev–Trinajstić information content (AvgIpc) is 2.92. The van der Waals surface area contributed by atoms with Gasteiger partial charge in [-0.15, -0.1) is 0 Å². The van der Waals surface area contributed by atoms with Crippen molar-refractivity contribution in [1.29, 1.82) is 0 Å². The monoisotopic (exact) mass is 252 g/mol. The molecular weight excluding hydrogens is 240 g/mol. The number of fused-ring (bicyclic) bond motifs is 1. The van der Waals surface area contributed by atoms with Gasteiger partial charge in [0.1, 0.15) is 0 Å². The number of amides is 2. The van der Waals surface area contributed by atoms with Crippen molar-refractivity contribution in [2.75, 3.05) is 10.7 Å². The van der Waals surface area contributed by atoms with E-state index in [4.69, 9.17) is 0 Å². The van der Waals surface area contributed by atoms with Crippen LogP contribution in [0.1, 0.15) is 0 Å². The standard InChI is InChI=1S/C14H12N4O/c19-14(17-18-10-4-9-15-18)16-13-8-3-6-11-5-1-2-7-12(11)13/h1-10H,(H2,16,17,19). The van der Waals surface area contributed by atoms with E-state index in [2.05, 4.69) is 15.8 Å². The fraction of sp³-hybridized carbons (Fsp3) is 0. The second-order valence-electron chi connectivity index (χ2n) is 4.04. The van der Waals surface area contributed by atoms with Crippen molar-refractivity contribution in [2.45, 2.75) is 0 Å². The number of carbonyl (C=O) groups is 1. The molecule has 3 aromatic rings. The minimum atomic E-state index is -0.333. The Morgan fingerprint density at radius 1 is 1.05 bits per heavy atom. The average molecular weight is 252 g/mol. The van der Waals surface area contributed by atoms with Crippen molar-refractivity contribution in [2.24, 2.45) is 0 Å². The van der Waals surface area contributed by atoms with Crippen molar-refractivity contribution in [3.8, 4) is 0 Å². The molecule has 0 spiro atoms. The van der Waals surface area contributed by atoms with Gasteiger partial charge in [-0.05, 0) is 17.5 Å². The molecule has 5 nitrogen and oxygen atoms in total. The molecule has 0 aliphatic rings. The number of urea groups is 1. The summed E-state index contributed by atoms with van der Waals surface area (Å²) < 4.78 is 0. The first-order chi connectivity index (χ1) is 9.33. The maximum atomic E-state index is 11.8. The number of nitrogens with one attached hydrogen (secondary N) is 2. The van der Waals surface area contributed by atoms with Gasteiger partial charge < -0.3 is 5.32 Å². The fourth-order valence-corrected chi connectivity index (χ4v) is 1.92. The summed E-state index contributed by atoms with van der Waals surface area (Å²) in [5.41, 5.74) is 3.36. The number of hydrogen-bond donors (Lipinski definition) is 2. The van der Waals surface area contributed by atoms with E-state index in [0.717, 1.165) is 16.5 Å². The van der Waals surface area contributed by atoms with Crippen LogP contribution in [0, 0.1) is 0 Å². The van der Waals surface area contributed by atoms with Crippen molar-refractivity contribution in [1.82, 2.24) is 9.89 Å². The van der Waals surface area contributed by atoms with Crippen LogP contribution in [0.2, 0.25) is 0 Å². The van der Waals surface area contributed by atoms with Gasteiger partial charge >= 0.3 is 6.03 Å².